The molecule has 0 radical (unpaired) electrons. The van der Waals surface area contributed by atoms with Gasteiger partial charge < -0.3 is 15.0 Å². The second-order valence-corrected chi connectivity index (χ2v) is 6.84. The average molecular weight is 392 g/mol. The molecule has 0 aliphatic heterocycles. The fraction of sp³-hybridized carbons (Fsp3) is 0.0909. The fourth-order valence-electron chi connectivity index (χ4n) is 2.97. The van der Waals surface area contributed by atoms with Crippen LogP contribution >= 0.6 is 11.6 Å². The predicted molar refractivity (Wildman–Crippen MR) is 112 cm³/mol. The number of rotatable bonds is 4. The molecule has 4 rings (SSSR count). The van der Waals surface area contributed by atoms with E-state index in [0.717, 1.165) is 28.0 Å². The standard InChI is InChI=1S/C22H18ClN3O2/c1-13-7-8-15(11-16(13)23)22(27)26-19-12-14(9-10-20(19)28-2)21-24-17-5-3-4-6-18(17)25-21/h3-12H,1-2H3,(H,24,25)(H,26,27). The van der Waals surface area contributed by atoms with Crippen molar-refractivity contribution in [1.82, 2.24) is 9.97 Å². The lowest BCUT2D eigenvalue weighted by Gasteiger charge is -2.12. The minimum Gasteiger partial charge on any atom is -0.495 e. The third kappa shape index (κ3) is 3.44. The van der Waals surface area contributed by atoms with Gasteiger partial charge in [0, 0.05) is 16.1 Å². The lowest BCUT2D eigenvalue weighted by Crippen LogP contribution is -2.13. The van der Waals surface area contributed by atoms with Crippen LogP contribution in [0.4, 0.5) is 5.69 Å². The Morgan fingerprint density at radius 1 is 1.11 bits per heavy atom. The molecule has 0 atom stereocenters. The number of methoxy groups -OCH3 is 1. The number of para-hydroxylation sites is 2. The number of H-pyrrole nitrogens is 1. The van der Waals surface area contributed by atoms with Gasteiger partial charge in [-0.1, -0.05) is 29.8 Å². The van der Waals surface area contributed by atoms with Gasteiger partial charge in [0.25, 0.3) is 5.91 Å². The van der Waals surface area contributed by atoms with Crippen LogP contribution in [0.25, 0.3) is 22.4 Å². The maximum absolute atomic E-state index is 12.7. The first kappa shape index (κ1) is 18.1. The zero-order valence-electron chi connectivity index (χ0n) is 15.4. The number of halogens is 1. The van der Waals surface area contributed by atoms with Crippen molar-refractivity contribution in [2.45, 2.75) is 6.92 Å². The first-order valence-electron chi connectivity index (χ1n) is 8.76. The summed E-state index contributed by atoms with van der Waals surface area (Å²) in [6.07, 6.45) is 0. The Kier molecular flexibility index (Phi) is 4.75. The lowest BCUT2D eigenvalue weighted by molar-refractivity contribution is 0.102. The fourth-order valence-corrected chi connectivity index (χ4v) is 3.15. The van der Waals surface area contributed by atoms with E-state index in [1.807, 2.05) is 49.4 Å². The van der Waals surface area contributed by atoms with E-state index in [1.54, 1.807) is 25.3 Å². The molecule has 140 valence electrons. The smallest absolute Gasteiger partial charge is 0.255 e. The molecule has 1 amide bonds. The summed E-state index contributed by atoms with van der Waals surface area (Å²) < 4.78 is 5.40. The molecule has 0 saturated heterocycles. The summed E-state index contributed by atoms with van der Waals surface area (Å²) in [4.78, 5) is 20.6. The monoisotopic (exact) mass is 391 g/mol. The summed E-state index contributed by atoms with van der Waals surface area (Å²) >= 11 is 6.15. The Labute approximate surface area is 167 Å². The van der Waals surface area contributed by atoms with Gasteiger partial charge in [-0.25, -0.2) is 4.98 Å². The number of nitrogens with zero attached hydrogens (tertiary/aromatic N) is 1. The van der Waals surface area contributed by atoms with Gasteiger partial charge in [0.05, 0.1) is 23.8 Å². The van der Waals surface area contributed by atoms with Crippen LogP contribution in [0.3, 0.4) is 0 Å². The minimum absolute atomic E-state index is 0.262. The molecule has 1 aromatic heterocycles. The number of aryl methyl sites for hydroxylation is 1. The van der Waals surface area contributed by atoms with E-state index >= 15 is 0 Å². The molecule has 0 bridgehead atoms. The first-order valence-corrected chi connectivity index (χ1v) is 9.13. The van der Waals surface area contributed by atoms with E-state index in [0.29, 0.717) is 22.0 Å². The van der Waals surface area contributed by atoms with E-state index in [4.69, 9.17) is 16.3 Å². The van der Waals surface area contributed by atoms with E-state index in [-0.39, 0.29) is 5.91 Å². The van der Waals surface area contributed by atoms with Crippen LogP contribution in [-0.2, 0) is 0 Å². The molecule has 0 aliphatic carbocycles. The third-order valence-corrected chi connectivity index (χ3v) is 4.95. The van der Waals surface area contributed by atoms with Gasteiger partial charge >= 0.3 is 0 Å². The van der Waals surface area contributed by atoms with E-state index < -0.39 is 0 Å². The van der Waals surface area contributed by atoms with Gasteiger partial charge in [-0.15, -0.1) is 0 Å². The minimum atomic E-state index is -0.262. The van der Waals surface area contributed by atoms with Crippen molar-refractivity contribution in [3.63, 3.8) is 0 Å². The highest BCUT2D eigenvalue weighted by Crippen LogP contribution is 2.31. The Morgan fingerprint density at radius 2 is 1.93 bits per heavy atom. The van der Waals surface area contributed by atoms with Gasteiger partial charge in [-0.2, -0.15) is 0 Å². The number of carbonyl (C=O) groups excluding carboxylic acids is 1. The van der Waals surface area contributed by atoms with Crippen molar-refractivity contribution >= 4 is 34.2 Å². The molecule has 0 saturated carbocycles. The molecule has 0 unspecified atom stereocenters. The zero-order chi connectivity index (χ0) is 19.7. The van der Waals surface area contributed by atoms with Crippen LogP contribution in [0.5, 0.6) is 5.75 Å². The van der Waals surface area contributed by atoms with E-state index in [9.17, 15) is 4.79 Å². The number of hydrogen-bond acceptors (Lipinski definition) is 3. The Balaban J connectivity index is 1.68. The van der Waals surface area contributed by atoms with E-state index in [2.05, 4.69) is 15.3 Å². The molecule has 0 aliphatic rings. The highest BCUT2D eigenvalue weighted by molar-refractivity contribution is 6.31. The summed E-state index contributed by atoms with van der Waals surface area (Å²) in [6, 6.07) is 18.6. The Morgan fingerprint density at radius 3 is 2.68 bits per heavy atom. The number of hydrogen-bond donors (Lipinski definition) is 2. The summed E-state index contributed by atoms with van der Waals surface area (Å²) in [6.45, 7) is 1.89. The Bertz CT molecular complexity index is 1150. The average Bonchev–Trinajstić information content (AvgIpc) is 3.14. The molecule has 4 aromatic rings. The third-order valence-electron chi connectivity index (χ3n) is 4.54. The molecule has 0 fully saturated rings. The first-order chi connectivity index (χ1) is 13.5. The SMILES string of the molecule is COc1ccc(-c2nc3ccccc3[nH]2)cc1NC(=O)c1ccc(C)c(Cl)c1. The summed E-state index contributed by atoms with van der Waals surface area (Å²) in [5, 5.41) is 3.46. The van der Waals surface area contributed by atoms with Gasteiger partial charge in [0.1, 0.15) is 11.6 Å². The van der Waals surface area contributed by atoms with Gasteiger partial charge in [-0.3, -0.25) is 4.79 Å². The number of benzene rings is 3. The van der Waals surface area contributed by atoms with Crippen molar-refractivity contribution in [2.75, 3.05) is 12.4 Å². The molecular weight excluding hydrogens is 374 g/mol. The van der Waals surface area contributed by atoms with Crippen LogP contribution in [0.15, 0.2) is 60.7 Å². The van der Waals surface area contributed by atoms with Crippen molar-refractivity contribution < 1.29 is 9.53 Å². The number of imidazole rings is 1. The predicted octanol–water partition coefficient (Wildman–Crippen LogP) is 5.45. The topological polar surface area (TPSA) is 67.0 Å². The number of carbonyl (C=O) groups is 1. The molecule has 5 nitrogen and oxygen atoms in total. The summed E-state index contributed by atoms with van der Waals surface area (Å²) in [5.41, 5.74) is 4.63. The maximum atomic E-state index is 12.7. The van der Waals surface area contributed by atoms with Crippen LogP contribution in [0.2, 0.25) is 5.02 Å². The van der Waals surface area contributed by atoms with Gasteiger partial charge in [-0.05, 0) is 55.0 Å². The van der Waals surface area contributed by atoms with Crippen molar-refractivity contribution in [3.8, 4) is 17.1 Å². The van der Waals surface area contributed by atoms with Crippen molar-refractivity contribution in [1.29, 1.82) is 0 Å². The normalized spacial score (nSPS) is 10.8. The summed E-state index contributed by atoms with van der Waals surface area (Å²) in [7, 11) is 1.56. The van der Waals surface area contributed by atoms with Crippen LogP contribution < -0.4 is 10.1 Å². The number of nitrogens with one attached hydrogen (secondary N) is 2. The van der Waals surface area contributed by atoms with Crippen molar-refractivity contribution in [2.24, 2.45) is 0 Å². The van der Waals surface area contributed by atoms with Gasteiger partial charge in [0.15, 0.2) is 0 Å². The molecule has 3 aromatic carbocycles. The van der Waals surface area contributed by atoms with Gasteiger partial charge in [0.2, 0.25) is 0 Å². The number of aromatic amines is 1. The van der Waals surface area contributed by atoms with Crippen LogP contribution in [0.1, 0.15) is 15.9 Å². The molecule has 2 N–H and O–H groups in total. The second-order valence-electron chi connectivity index (χ2n) is 6.44. The molecule has 1 heterocycles. The zero-order valence-corrected chi connectivity index (χ0v) is 16.2. The summed E-state index contributed by atoms with van der Waals surface area (Å²) in [5.74, 6) is 1.02. The number of aromatic nitrogens is 2. The molecular formula is C22H18ClN3O2. The van der Waals surface area contributed by atoms with Crippen LogP contribution in [0, 0.1) is 6.92 Å². The number of anilines is 1. The number of amides is 1. The van der Waals surface area contributed by atoms with Crippen LogP contribution in [-0.4, -0.2) is 23.0 Å². The largest absolute Gasteiger partial charge is 0.495 e. The van der Waals surface area contributed by atoms with E-state index in [1.165, 1.54) is 0 Å². The highest BCUT2D eigenvalue weighted by Gasteiger charge is 2.14. The van der Waals surface area contributed by atoms with Crippen molar-refractivity contribution in [3.05, 3.63) is 76.8 Å². The highest BCUT2D eigenvalue weighted by atomic mass is 35.5. The quantitative estimate of drug-likeness (QED) is 0.486. The Hall–Kier alpha value is -3.31. The lowest BCUT2D eigenvalue weighted by atomic mass is 10.1. The number of ether oxygens (including phenoxy) is 1. The molecule has 28 heavy (non-hydrogen) atoms. The maximum Gasteiger partial charge on any atom is 0.255 e. The second kappa shape index (κ2) is 7.37. The molecule has 6 heteroatoms. The number of fused-ring (bicyclic) bond motifs is 1. The molecule has 0 spiro atoms.